The van der Waals surface area contributed by atoms with E-state index in [1.54, 1.807) is 12.1 Å². The molecular weight excluding hydrogens is 387 g/mol. The minimum absolute atomic E-state index is 0.161. The molecular formula is C23H19F5O. The van der Waals surface area contributed by atoms with Gasteiger partial charge in [-0.2, -0.15) is 0 Å². The number of fused-ring (bicyclic) bond motifs is 2. The Morgan fingerprint density at radius 3 is 2.52 bits per heavy atom. The van der Waals surface area contributed by atoms with Crippen LogP contribution in [0.5, 0.6) is 5.75 Å². The van der Waals surface area contributed by atoms with Gasteiger partial charge >= 0.3 is 6.36 Å². The Labute approximate surface area is 165 Å². The topological polar surface area (TPSA) is 9.23 Å². The summed E-state index contributed by atoms with van der Waals surface area (Å²) in [5, 5.41) is 1.38. The molecule has 0 saturated carbocycles. The van der Waals surface area contributed by atoms with Crippen molar-refractivity contribution in [3.63, 3.8) is 0 Å². The average molecular weight is 406 g/mol. The van der Waals surface area contributed by atoms with Crippen LogP contribution in [-0.2, 0) is 19.3 Å². The summed E-state index contributed by atoms with van der Waals surface area (Å²) in [5.41, 5.74) is 2.89. The van der Waals surface area contributed by atoms with Crippen LogP contribution >= 0.6 is 0 Å². The summed E-state index contributed by atoms with van der Waals surface area (Å²) in [5.74, 6) is -2.33. The standard InChI is InChI=1S/C23H19F5O/c1-2-13-3-7-18-15(9-13)6-8-19(22(18)25)16-5-4-14-12-21(29-23(26,27)28)20(24)11-17(14)10-16/h3,6-9,11-12,16H,2,4-5,10H2,1H3. The van der Waals surface area contributed by atoms with Gasteiger partial charge in [-0.15, -0.1) is 13.2 Å². The van der Waals surface area contributed by atoms with Gasteiger partial charge in [-0.25, -0.2) is 8.78 Å². The number of hydrogen-bond acceptors (Lipinski definition) is 1. The van der Waals surface area contributed by atoms with Crippen molar-refractivity contribution >= 4 is 10.8 Å². The van der Waals surface area contributed by atoms with Gasteiger partial charge in [-0.3, -0.25) is 0 Å². The molecule has 4 rings (SSSR count). The van der Waals surface area contributed by atoms with Crippen LogP contribution in [0.15, 0.2) is 42.5 Å². The SMILES string of the molecule is CCc1ccc2c(F)c(C3CCc4cc(OC(F)(F)F)c(F)cc4C3)ccc2c1. The van der Waals surface area contributed by atoms with Crippen LogP contribution in [0, 0.1) is 11.6 Å². The highest BCUT2D eigenvalue weighted by Crippen LogP contribution is 2.38. The van der Waals surface area contributed by atoms with Crippen molar-refractivity contribution in [1.82, 2.24) is 0 Å². The molecule has 0 spiro atoms. The van der Waals surface area contributed by atoms with Gasteiger partial charge in [-0.1, -0.05) is 37.3 Å². The van der Waals surface area contributed by atoms with Gasteiger partial charge in [-0.05, 0) is 71.4 Å². The van der Waals surface area contributed by atoms with E-state index in [-0.39, 0.29) is 11.7 Å². The summed E-state index contributed by atoms with van der Waals surface area (Å²) in [6.45, 7) is 2.04. The second kappa shape index (κ2) is 7.32. The lowest BCUT2D eigenvalue weighted by Gasteiger charge is -2.26. The second-order valence-corrected chi connectivity index (χ2v) is 7.42. The molecule has 0 aliphatic heterocycles. The molecule has 0 amide bonds. The van der Waals surface area contributed by atoms with Crippen LogP contribution in [0.4, 0.5) is 22.0 Å². The number of aryl methyl sites for hydroxylation is 2. The van der Waals surface area contributed by atoms with Crippen LogP contribution in [0.2, 0.25) is 0 Å². The van der Waals surface area contributed by atoms with Gasteiger partial charge in [0.15, 0.2) is 11.6 Å². The molecule has 3 aromatic rings. The molecule has 1 atom stereocenters. The van der Waals surface area contributed by atoms with E-state index in [9.17, 15) is 17.6 Å². The first-order valence-electron chi connectivity index (χ1n) is 9.53. The molecule has 6 heteroatoms. The first-order chi connectivity index (χ1) is 13.7. The maximum Gasteiger partial charge on any atom is 0.573 e. The monoisotopic (exact) mass is 406 g/mol. The minimum atomic E-state index is -4.95. The van der Waals surface area contributed by atoms with Crippen molar-refractivity contribution in [3.8, 4) is 5.75 Å². The molecule has 0 saturated heterocycles. The zero-order valence-corrected chi connectivity index (χ0v) is 15.7. The lowest BCUT2D eigenvalue weighted by Crippen LogP contribution is -2.19. The van der Waals surface area contributed by atoms with Gasteiger partial charge in [0.2, 0.25) is 0 Å². The van der Waals surface area contributed by atoms with Crippen molar-refractivity contribution in [2.45, 2.75) is 44.9 Å². The van der Waals surface area contributed by atoms with Gasteiger partial charge in [0.1, 0.15) is 5.82 Å². The molecule has 0 radical (unpaired) electrons. The highest BCUT2D eigenvalue weighted by molar-refractivity contribution is 5.84. The largest absolute Gasteiger partial charge is 0.573 e. The lowest BCUT2D eigenvalue weighted by atomic mass is 9.79. The first kappa shape index (κ1) is 19.7. The third-order valence-electron chi connectivity index (χ3n) is 5.60. The molecule has 0 heterocycles. The summed E-state index contributed by atoms with van der Waals surface area (Å²) in [4.78, 5) is 0. The molecule has 1 nitrogen and oxygen atoms in total. The molecule has 0 aromatic heterocycles. The second-order valence-electron chi connectivity index (χ2n) is 7.42. The number of halogens is 5. The lowest BCUT2D eigenvalue weighted by molar-refractivity contribution is -0.275. The van der Waals surface area contributed by atoms with E-state index in [0.29, 0.717) is 41.3 Å². The summed E-state index contributed by atoms with van der Waals surface area (Å²) in [6, 6.07) is 11.5. The zero-order chi connectivity index (χ0) is 20.8. The summed E-state index contributed by atoms with van der Waals surface area (Å²) in [6.07, 6.45) is -2.71. The highest BCUT2D eigenvalue weighted by atomic mass is 19.4. The normalized spacial score (nSPS) is 16.7. The molecule has 1 aliphatic rings. The Morgan fingerprint density at radius 1 is 1.00 bits per heavy atom. The fourth-order valence-electron chi connectivity index (χ4n) is 4.12. The van der Waals surface area contributed by atoms with E-state index in [1.807, 2.05) is 25.1 Å². The maximum atomic E-state index is 15.2. The fourth-order valence-corrected chi connectivity index (χ4v) is 4.12. The van der Waals surface area contributed by atoms with E-state index >= 15 is 4.39 Å². The molecule has 3 aromatic carbocycles. The number of rotatable bonds is 3. The van der Waals surface area contributed by atoms with Crippen LogP contribution in [-0.4, -0.2) is 6.36 Å². The van der Waals surface area contributed by atoms with Crippen molar-refractivity contribution in [3.05, 3.63) is 76.4 Å². The van der Waals surface area contributed by atoms with Crippen molar-refractivity contribution in [2.75, 3.05) is 0 Å². The van der Waals surface area contributed by atoms with Crippen LogP contribution in [0.1, 0.15) is 41.5 Å². The smallest absolute Gasteiger partial charge is 0.403 e. The Hall–Kier alpha value is -2.63. The van der Waals surface area contributed by atoms with E-state index in [4.69, 9.17) is 0 Å². The van der Waals surface area contributed by atoms with E-state index in [2.05, 4.69) is 4.74 Å². The Morgan fingerprint density at radius 2 is 1.79 bits per heavy atom. The van der Waals surface area contributed by atoms with E-state index in [1.165, 1.54) is 0 Å². The molecule has 1 unspecified atom stereocenters. The summed E-state index contributed by atoms with van der Waals surface area (Å²) in [7, 11) is 0. The Balaban J connectivity index is 1.65. The third kappa shape index (κ3) is 3.93. The number of hydrogen-bond donors (Lipinski definition) is 0. The predicted molar refractivity (Wildman–Crippen MR) is 101 cm³/mol. The molecule has 29 heavy (non-hydrogen) atoms. The van der Waals surface area contributed by atoms with Gasteiger partial charge < -0.3 is 4.74 Å². The predicted octanol–water partition coefficient (Wildman–Crippen LogP) is 6.85. The van der Waals surface area contributed by atoms with Gasteiger partial charge in [0.05, 0.1) is 0 Å². The van der Waals surface area contributed by atoms with E-state index < -0.39 is 17.9 Å². The third-order valence-corrected chi connectivity index (χ3v) is 5.60. The minimum Gasteiger partial charge on any atom is -0.403 e. The number of alkyl halides is 3. The van der Waals surface area contributed by atoms with Crippen LogP contribution < -0.4 is 4.74 Å². The Bertz CT molecular complexity index is 1070. The maximum absolute atomic E-state index is 15.2. The average Bonchev–Trinajstić information content (AvgIpc) is 2.67. The summed E-state index contributed by atoms with van der Waals surface area (Å²) < 4.78 is 70.3. The number of ether oxygens (including phenoxy) is 1. The molecule has 0 N–H and O–H groups in total. The molecule has 152 valence electrons. The molecule has 1 aliphatic carbocycles. The molecule has 0 bridgehead atoms. The van der Waals surface area contributed by atoms with E-state index in [0.717, 1.165) is 29.5 Å². The van der Waals surface area contributed by atoms with Crippen LogP contribution in [0.3, 0.4) is 0 Å². The summed E-state index contributed by atoms with van der Waals surface area (Å²) >= 11 is 0. The zero-order valence-electron chi connectivity index (χ0n) is 15.7. The van der Waals surface area contributed by atoms with Crippen molar-refractivity contribution in [2.24, 2.45) is 0 Å². The van der Waals surface area contributed by atoms with Gasteiger partial charge in [0.25, 0.3) is 0 Å². The Kier molecular flexibility index (Phi) is 4.97. The van der Waals surface area contributed by atoms with Crippen molar-refractivity contribution < 1.29 is 26.7 Å². The van der Waals surface area contributed by atoms with Crippen LogP contribution in [0.25, 0.3) is 10.8 Å². The fraction of sp³-hybridized carbons (Fsp3) is 0.304. The highest BCUT2D eigenvalue weighted by Gasteiger charge is 2.33. The molecule has 0 fully saturated rings. The van der Waals surface area contributed by atoms with Crippen molar-refractivity contribution in [1.29, 1.82) is 0 Å². The quantitative estimate of drug-likeness (QED) is 0.432. The first-order valence-corrected chi connectivity index (χ1v) is 9.53. The van der Waals surface area contributed by atoms with Gasteiger partial charge in [0, 0.05) is 5.39 Å². The number of benzene rings is 3.